The van der Waals surface area contributed by atoms with Crippen LogP contribution in [0.25, 0.3) is 0 Å². The van der Waals surface area contributed by atoms with Gasteiger partial charge in [-0.15, -0.1) is 0 Å². The molecule has 0 fully saturated rings. The first-order valence-electron chi connectivity index (χ1n) is 4.98. The maximum Gasteiger partial charge on any atom is 0.339 e. The minimum Gasteiger partial charge on any atom is -0.478 e. The van der Waals surface area contributed by atoms with E-state index in [4.69, 9.17) is 5.11 Å². The van der Waals surface area contributed by atoms with Crippen LogP contribution in [0.1, 0.15) is 10.4 Å². The highest BCUT2D eigenvalue weighted by atomic mass is 79.9. The molecule has 0 aliphatic carbocycles. The Labute approximate surface area is 114 Å². The molecule has 0 aliphatic rings. The van der Waals surface area contributed by atoms with Crippen LogP contribution in [-0.4, -0.2) is 50.1 Å². The van der Waals surface area contributed by atoms with Gasteiger partial charge in [-0.2, -0.15) is 0 Å². The van der Waals surface area contributed by atoms with Gasteiger partial charge in [-0.05, 0) is 22.0 Å². The maximum absolute atomic E-state index is 11.1. The third kappa shape index (κ3) is 4.26. The molecule has 0 aliphatic heterocycles. The van der Waals surface area contributed by atoms with Crippen molar-refractivity contribution in [3.8, 4) is 0 Å². The Morgan fingerprint density at radius 2 is 2.17 bits per heavy atom. The number of carboxylic acids is 1. The Kier molecular flexibility index (Phi) is 4.69. The predicted molar refractivity (Wildman–Crippen MR) is 71.9 cm³/mol. The zero-order valence-electron chi connectivity index (χ0n) is 9.92. The number of hydrogen-bond donors (Lipinski definition) is 1. The fourth-order valence-electron chi connectivity index (χ4n) is 1.30. The fourth-order valence-corrected chi connectivity index (χ4v) is 2.24. The second-order valence-corrected chi connectivity index (χ2v) is 7.06. The first-order valence-corrected chi connectivity index (χ1v) is 7.84. The Hall–Kier alpha value is -1.15. The summed E-state index contributed by atoms with van der Waals surface area (Å²) in [7, 11) is -1.49. The predicted octanol–water partition coefficient (Wildman–Crippen LogP) is 1.02. The molecular weight excluding hydrogens is 324 g/mol. The molecule has 8 heteroatoms. The monoisotopic (exact) mass is 336 g/mol. The van der Waals surface area contributed by atoms with Crippen LogP contribution in [0.5, 0.6) is 0 Å². The molecule has 1 N–H and O–H groups in total. The van der Waals surface area contributed by atoms with Gasteiger partial charge in [0.05, 0.1) is 5.75 Å². The zero-order chi connectivity index (χ0) is 13.9. The van der Waals surface area contributed by atoms with Gasteiger partial charge in [0.2, 0.25) is 0 Å². The van der Waals surface area contributed by atoms with Crippen LogP contribution in [0, 0.1) is 0 Å². The third-order valence-electron chi connectivity index (χ3n) is 2.22. The summed E-state index contributed by atoms with van der Waals surface area (Å²) in [6, 6.07) is 1.43. The van der Waals surface area contributed by atoms with Crippen LogP contribution in [0.4, 0.5) is 5.82 Å². The normalized spacial score (nSPS) is 11.3. The Morgan fingerprint density at radius 1 is 1.56 bits per heavy atom. The van der Waals surface area contributed by atoms with Crippen LogP contribution < -0.4 is 4.90 Å². The smallest absolute Gasteiger partial charge is 0.339 e. The Balaban J connectivity index is 2.98. The van der Waals surface area contributed by atoms with Crippen molar-refractivity contribution in [2.75, 3.05) is 30.5 Å². The molecule has 18 heavy (non-hydrogen) atoms. The zero-order valence-corrected chi connectivity index (χ0v) is 12.3. The highest BCUT2D eigenvalue weighted by Gasteiger charge is 2.16. The lowest BCUT2D eigenvalue weighted by molar-refractivity contribution is 0.0697. The van der Waals surface area contributed by atoms with Gasteiger partial charge in [0, 0.05) is 30.5 Å². The molecule has 0 saturated carbocycles. The van der Waals surface area contributed by atoms with Gasteiger partial charge in [0.15, 0.2) is 0 Å². The van der Waals surface area contributed by atoms with Gasteiger partial charge >= 0.3 is 5.97 Å². The van der Waals surface area contributed by atoms with Gasteiger partial charge in [0.1, 0.15) is 21.2 Å². The van der Waals surface area contributed by atoms with E-state index in [0.717, 1.165) is 6.26 Å². The average Bonchev–Trinajstić information content (AvgIpc) is 2.24. The number of nitrogens with zero attached hydrogens (tertiary/aromatic N) is 2. The molecule has 0 bridgehead atoms. The molecule has 0 atom stereocenters. The largest absolute Gasteiger partial charge is 0.478 e. The number of pyridine rings is 1. The molecule has 1 aromatic heterocycles. The SMILES string of the molecule is CN(CCS(C)(=O)=O)c1ncc(Br)cc1C(=O)O. The minimum absolute atomic E-state index is 0.0281. The summed E-state index contributed by atoms with van der Waals surface area (Å²) >= 11 is 3.14. The third-order valence-corrected chi connectivity index (χ3v) is 3.58. The molecule has 6 nitrogen and oxygen atoms in total. The van der Waals surface area contributed by atoms with E-state index >= 15 is 0 Å². The highest BCUT2D eigenvalue weighted by Crippen LogP contribution is 2.20. The number of halogens is 1. The molecule has 0 spiro atoms. The second kappa shape index (κ2) is 5.66. The van der Waals surface area contributed by atoms with Crippen molar-refractivity contribution in [3.63, 3.8) is 0 Å². The van der Waals surface area contributed by atoms with Crippen LogP contribution in [0.3, 0.4) is 0 Å². The molecule has 1 rings (SSSR count). The Bertz CT molecular complexity index is 559. The molecule has 0 unspecified atom stereocenters. The van der Waals surface area contributed by atoms with E-state index in [1.54, 1.807) is 7.05 Å². The van der Waals surface area contributed by atoms with E-state index in [1.165, 1.54) is 17.2 Å². The average molecular weight is 337 g/mol. The van der Waals surface area contributed by atoms with Crippen molar-refractivity contribution in [2.45, 2.75) is 0 Å². The number of anilines is 1. The molecular formula is C10H13BrN2O4S. The molecule has 1 aromatic rings. The number of carboxylic acid groups (broad SMARTS) is 1. The number of aromatic carboxylic acids is 1. The van der Waals surface area contributed by atoms with Crippen molar-refractivity contribution >= 4 is 37.6 Å². The quantitative estimate of drug-likeness (QED) is 0.863. The van der Waals surface area contributed by atoms with E-state index in [-0.39, 0.29) is 23.7 Å². The summed E-state index contributed by atoms with van der Waals surface area (Å²) in [6.45, 7) is 0.188. The molecule has 0 amide bonds. The van der Waals surface area contributed by atoms with Crippen LogP contribution in [-0.2, 0) is 9.84 Å². The molecule has 1 heterocycles. The molecule has 0 radical (unpaired) electrons. The number of sulfone groups is 1. The highest BCUT2D eigenvalue weighted by molar-refractivity contribution is 9.10. The second-order valence-electron chi connectivity index (χ2n) is 3.88. The van der Waals surface area contributed by atoms with Crippen LogP contribution >= 0.6 is 15.9 Å². The van der Waals surface area contributed by atoms with E-state index in [0.29, 0.717) is 4.47 Å². The lowest BCUT2D eigenvalue weighted by Gasteiger charge is -2.19. The van der Waals surface area contributed by atoms with Crippen molar-refractivity contribution in [2.24, 2.45) is 0 Å². The Morgan fingerprint density at radius 3 is 2.67 bits per heavy atom. The topological polar surface area (TPSA) is 87.6 Å². The standard InChI is InChI=1S/C10H13BrN2O4S/c1-13(3-4-18(2,16)17)9-8(10(14)15)5-7(11)6-12-9/h5-6H,3-4H2,1-2H3,(H,14,15). The van der Waals surface area contributed by atoms with Gasteiger partial charge in [-0.1, -0.05) is 0 Å². The molecule has 0 saturated heterocycles. The van der Waals surface area contributed by atoms with E-state index < -0.39 is 15.8 Å². The molecule has 100 valence electrons. The summed E-state index contributed by atoms with van der Waals surface area (Å²) in [5.41, 5.74) is 0.0281. The maximum atomic E-state index is 11.1. The molecule has 0 aromatic carbocycles. The summed E-state index contributed by atoms with van der Waals surface area (Å²) in [4.78, 5) is 16.6. The summed E-state index contributed by atoms with van der Waals surface area (Å²) in [5.74, 6) is -0.917. The summed E-state index contributed by atoms with van der Waals surface area (Å²) < 4.78 is 22.7. The van der Waals surface area contributed by atoms with Crippen molar-refractivity contribution < 1.29 is 18.3 Å². The van der Waals surface area contributed by atoms with Gasteiger partial charge in [-0.3, -0.25) is 0 Å². The summed E-state index contributed by atoms with van der Waals surface area (Å²) in [5, 5.41) is 9.06. The lowest BCUT2D eigenvalue weighted by Crippen LogP contribution is -2.27. The van der Waals surface area contributed by atoms with Crippen LogP contribution in [0.15, 0.2) is 16.7 Å². The fraction of sp³-hybridized carbons (Fsp3) is 0.400. The minimum atomic E-state index is -3.09. The van der Waals surface area contributed by atoms with Crippen molar-refractivity contribution in [3.05, 3.63) is 22.3 Å². The van der Waals surface area contributed by atoms with Gasteiger partial charge < -0.3 is 10.0 Å². The number of carbonyl (C=O) groups is 1. The van der Waals surface area contributed by atoms with Crippen LogP contribution in [0.2, 0.25) is 0 Å². The lowest BCUT2D eigenvalue weighted by atomic mass is 10.2. The van der Waals surface area contributed by atoms with Crippen molar-refractivity contribution in [1.82, 2.24) is 4.98 Å². The van der Waals surface area contributed by atoms with E-state index in [1.807, 2.05) is 0 Å². The number of aromatic nitrogens is 1. The first kappa shape index (κ1) is 14.9. The number of rotatable bonds is 5. The number of hydrogen-bond acceptors (Lipinski definition) is 5. The van der Waals surface area contributed by atoms with Gasteiger partial charge in [-0.25, -0.2) is 18.2 Å². The first-order chi connectivity index (χ1) is 8.20. The van der Waals surface area contributed by atoms with Crippen molar-refractivity contribution in [1.29, 1.82) is 0 Å². The van der Waals surface area contributed by atoms with Gasteiger partial charge in [0.25, 0.3) is 0 Å². The van der Waals surface area contributed by atoms with E-state index in [2.05, 4.69) is 20.9 Å². The van der Waals surface area contributed by atoms with E-state index in [9.17, 15) is 13.2 Å². The summed E-state index contributed by atoms with van der Waals surface area (Å²) in [6.07, 6.45) is 2.60.